The summed E-state index contributed by atoms with van der Waals surface area (Å²) in [6.07, 6.45) is 4.99. The molecule has 1 unspecified atom stereocenters. The number of carbonyl (C=O) groups is 2. The topological polar surface area (TPSA) is 126 Å². The molecule has 2 aromatic rings. The second-order valence-corrected chi connectivity index (χ2v) is 9.73. The van der Waals surface area contributed by atoms with E-state index in [2.05, 4.69) is 20.8 Å². The summed E-state index contributed by atoms with van der Waals surface area (Å²) in [4.78, 5) is 24.7. The van der Waals surface area contributed by atoms with Crippen LogP contribution >= 0.6 is 0 Å². The Labute approximate surface area is 199 Å². The molecule has 2 fully saturated rings. The number of rotatable bonds is 7. The number of alkyl carbamates (subject to hydrolysis) is 1. The van der Waals surface area contributed by atoms with Crippen molar-refractivity contribution in [3.63, 3.8) is 0 Å². The second-order valence-electron chi connectivity index (χ2n) is 9.73. The van der Waals surface area contributed by atoms with Crippen molar-refractivity contribution in [2.45, 2.75) is 82.0 Å². The molecule has 1 aromatic carbocycles. The van der Waals surface area contributed by atoms with Crippen LogP contribution in [0.3, 0.4) is 0 Å². The maximum absolute atomic E-state index is 12.4. The normalized spacial score (nSPS) is 26.6. The maximum atomic E-state index is 12.4. The molecule has 1 heterocycles. The first-order chi connectivity index (χ1) is 16.3. The molecule has 1 aromatic heterocycles. The lowest BCUT2D eigenvalue weighted by Crippen LogP contribution is -2.43. The van der Waals surface area contributed by atoms with E-state index in [-0.39, 0.29) is 36.5 Å². The number of aromatic amines is 1. The van der Waals surface area contributed by atoms with Crippen molar-refractivity contribution in [2.75, 3.05) is 12.4 Å². The first-order valence-electron chi connectivity index (χ1n) is 12.0. The molecule has 0 saturated heterocycles. The summed E-state index contributed by atoms with van der Waals surface area (Å²) in [5, 5.41) is 23.1. The molecular formula is C25H34N4O5. The van der Waals surface area contributed by atoms with Crippen LogP contribution in [0.15, 0.2) is 30.3 Å². The fourth-order valence-electron chi connectivity index (χ4n) is 4.79. The fraction of sp³-hybridized carbons (Fsp3) is 0.560. The van der Waals surface area contributed by atoms with Crippen LogP contribution < -0.4 is 15.4 Å². The standard InChI is InChI=1S/C25H34N4O5/c1-25(32)11-9-18(10-12-25)26-24(31)34-20-8-5-17(14-20)21-15-22(29-28-21)27-23(30)13-16-3-6-19(33-2)7-4-16/h3-4,6-7,15,17-18,20,32H,5,8-14H2,1-2H3,(H,26,31)(H2,27,28,29,30)/t17-,18?,20?,25?/m0/s1. The van der Waals surface area contributed by atoms with E-state index in [1.807, 2.05) is 37.3 Å². The Kier molecular flexibility index (Phi) is 7.41. The van der Waals surface area contributed by atoms with Crippen LogP contribution in [0.4, 0.5) is 10.6 Å². The van der Waals surface area contributed by atoms with Gasteiger partial charge in [-0.3, -0.25) is 9.89 Å². The zero-order valence-corrected chi connectivity index (χ0v) is 19.8. The van der Waals surface area contributed by atoms with Gasteiger partial charge in [0.1, 0.15) is 11.9 Å². The van der Waals surface area contributed by atoms with Crippen molar-refractivity contribution in [1.82, 2.24) is 15.5 Å². The molecule has 9 heteroatoms. The van der Waals surface area contributed by atoms with Gasteiger partial charge in [0.25, 0.3) is 0 Å². The summed E-state index contributed by atoms with van der Waals surface area (Å²) in [5.41, 5.74) is 1.20. The fourth-order valence-corrected chi connectivity index (χ4v) is 4.79. The van der Waals surface area contributed by atoms with Crippen LogP contribution in [0.5, 0.6) is 5.75 Å². The average molecular weight is 471 g/mol. The summed E-state index contributed by atoms with van der Waals surface area (Å²) < 4.78 is 10.8. The van der Waals surface area contributed by atoms with Crippen LogP contribution in [0.25, 0.3) is 0 Å². The van der Waals surface area contributed by atoms with E-state index in [0.29, 0.717) is 25.1 Å². The summed E-state index contributed by atoms with van der Waals surface area (Å²) in [5.74, 6) is 1.29. The molecule has 2 aliphatic carbocycles. The van der Waals surface area contributed by atoms with Crippen LogP contribution in [0.2, 0.25) is 0 Å². The molecule has 4 N–H and O–H groups in total. The highest BCUT2D eigenvalue weighted by Crippen LogP contribution is 2.36. The van der Waals surface area contributed by atoms with E-state index < -0.39 is 5.60 Å². The molecule has 9 nitrogen and oxygen atoms in total. The van der Waals surface area contributed by atoms with Crippen LogP contribution in [0, 0.1) is 0 Å². The lowest BCUT2D eigenvalue weighted by molar-refractivity contribution is -0.115. The smallest absolute Gasteiger partial charge is 0.407 e. The largest absolute Gasteiger partial charge is 0.497 e. The van der Waals surface area contributed by atoms with Crippen molar-refractivity contribution in [2.24, 2.45) is 0 Å². The zero-order valence-electron chi connectivity index (χ0n) is 19.8. The third kappa shape index (κ3) is 6.50. The number of nitrogens with one attached hydrogen (secondary N) is 3. The lowest BCUT2D eigenvalue weighted by Gasteiger charge is -2.33. The minimum atomic E-state index is -0.626. The number of ether oxygens (including phenoxy) is 2. The molecule has 0 spiro atoms. The summed E-state index contributed by atoms with van der Waals surface area (Å²) in [7, 11) is 1.61. The van der Waals surface area contributed by atoms with Gasteiger partial charge in [-0.15, -0.1) is 0 Å². The van der Waals surface area contributed by atoms with Gasteiger partial charge in [0.05, 0.1) is 19.1 Å². The van der Waals surface area contributed by atoms with E-state index in [0.717, 1.165) is 42.7 Å². The number of aromatic nitrogens is 2. The monoisotopic (exact) mass is 470 g/mol. The van der Waals surface area contributed by atoms with Crippen molar-refractivity contribution >= 4 is 17.8 Å². The number of anilines is 1. The highest BCUT2D eigenvalue weighted by atomic mass is 16.6. The lowest BCUT2D eigenvalue weighted by atomic mass is 9.84. The van der Waals surface area contributed by atoms with Crippen LogP contribution in [0.1, 0.15) is 69.0 Å². The minimum absolute atomic E-state index is 0.0571. The maximum Gasteiger partial charge on any atom is 0.407 e. The molecule has 2 saturated carbocycles. The Balaban J connectivity index is 1.21. The number of hydrogen-bond donors (Lipinski definition) is 4. The van der Waals surface area contributed by atoms with Gasteiger partial charge in [0.15, 0.2) is 5.82 Å². The summed E-state index contributed by atoms with van der Waals surface area (Å²) >= 11 is 0. The van der Waals surface area contributed by atoms with E-state index in [1.165, 1.54) is 0 Å². The van der Waals surface area contributed by atoms with Crippen molar-refractivity contribution in [3.8, 4) is 5.75 Å². The number of methoxy groups -OCH3 is 1. The molecule has 2 amide bonds. The van der Waals surface area contributed by atoms with Gasteiger partial charge < -0.3 is 25.2 Å². The Morgan fingerprint density at radius 3 is 2.62 bits per heavy atom. The first kappa shape index (κ1) is 24.1. The van der Waals surface area contributed by atoms with Crippen molar-refractivity contribution in [1.29, 1.82) is 0 Å². The van der Waals surface area contributed by atoms with Gasteiger partial charge in [0, 0.05) is 23.7 Å². The molecule has 0 aliphatic heterocycles. The zero-order chi connectivity index (χ0) is 24.1. The average Bonchev–Trinajstić information content (AvgIpc) is 3.45. The number of hydrogen-bond acceptors (Lipinski definition) is 6. The van der Waals surface area contributed by atoms with Gasteiger partial charge in [-0.1, -0.05) is 12.1 Å². The van der Waals surface area contributed by atoms with Crippen LogP contribution in [-0.4, -0.2) is 52.2 Å². The predicted molar refractivity (Wildman–Crippen MR) is 127 cm³/mol. The van der Waals surface area contributed by atoms with Gasteiger partial charge in [-0.2, -0.15) is 5.10 Å². The predicted octanol–water partition coefficient (Wildman–Crippen LogP) is 3.66. The Bertz CT molecular complexity index is 977. The van der Waals surface area contributed by atoms with Crippen LogP contribution in [-0.2, 0) is 16.0 Å². The second kappa shape index (κ2) is 10.5. The Morgan fingerprint density at radius 1 is 1.18 bits per heavy atom. The van der Waals surface area contributed by atoms with E-state index in [1.54, 1.807) is 7.11 Å². The third-order valence-electron chi connectivity index (χ3n) is 6.87. The van der Waals surface area contributed by atoms with Crippen molar-refractivity contribution in [3.05, 3.63) is 41.6 Å². The summed E-state index contributed by atoms with van der Waals surface area (Å²) in [6, 6.07) is 9.29. The number of aliphatic hydroxyl groups is 1. The van der Waals surface area contributed by atoms with Gasteiger partial charge in [-0.05, 0) is 69.6 Å². The van der Waals surface area contributed by atoms with Crippen molar-refractivity contribution < 1.29 is 24.2 Å². The molecule has 2 atom stereocenters. The number of benzene rings is 1. The number of carbonyl (C=O) groups excluding carboxylic acids is 2. The molecule has 0 radical (unpaired) electrons. The summed E-state index contributed by atoms with van der Waals surface area (Å²) in [6.45, 7) is 1.84. The number of amides is 2. The van der Waals surface area contributed by atoms with Gasteiger partial charge >= 0.3 is 6.09 Å². The quantitative estimate of drug-likeness (QED) is 0.489. The first-order valence-corrected chi connectivity index (χ1v) is 12.0. The van der Waals surface area contributed by atoms with Gasteiger partial charge in [0.2, 0.25) is 5.91 Å². The Morgan fingerprint density at radius 2 is 1.91 bits per heavy atom. The highest BCUT2D eigenvalue weighted by molar-refractivity contribution is 5.91. The third-order valence-corrected chi connectivity index (χ3v) is 6.87. The minimum Gasteiger partial charge on any atom is -0.497 e. The van der Waals surface area contributed by atoms with E-state index in [9.17, 15) is 14.7 Å². The molecule has 4 rings (SSSR count). The Hall–Kier alpha value is -3.07. The number of H-pyrrole nitrogens is 1. The van der Waals surface area contributed by atoms with Gasteiger partial charge in [-0.25, -0.2) is 4.79 Å². The molecule has 34 heavy (non-hydrogen) atoms. The SMILES string of the molecule is COc1ccc(CC(=O)Nc2cc([C@H]3CCC(OC(=O)NC4CCC(C)(O)CC4)C3)[nH]n2)cc1. The van der Waals surface area contributed by atoms with E-state index in [4.69, 9.17) is 9.47 Å². The molecule has 0 bridgehead atoms. The molecular weight excluding hydrogens is 436 g/mol. The number of nitrogens with zero attached hydrogens (tertiary/aromatic N) is 1. The molecule has 2 aliphatic rings. The van der Waals surface area contributed by atoms with E-state index >= 15 is 0 Å². The molecule has 184 valence electrons. The highest BCUT2D eigenvalue weighted by Gasteiger charge is 2.32.